The number of carboxylic acids is 1. The van der Waals surface area contributed by atoms with Crippen molar-refractivity contribution in [2.75, 3.05) is 7.11 Å². The highest BCUT2D eigenvalue weighted by molar-refractivity contribution is 6.08. The average Bonchev–Trinajstić information content (AvgIpc) is 3.12. The highest BCUT2D eigenvalue weighted by atomic mass is 19.1. The van der Waals surface area contributed by atoms with Crippen LogP contribution in [0.3, 0.4) is 0 Å². The third-order valence-electron chi connectivity index (χ3n) is 4.51. The number of furan rings is 1. The normalized spacial score (nSPS) is 10.8. The number of aromatic carboxylic acids is 1. The molecule has 29 heavy (non-hydrogen) atoms. The number of rotatable bonds is 4. The van der Waals surface area contributed by atoms with Crippen molar-refractivity contribution >= 4 is 23.0 Å². The zero-order valence-electron chi connectivity index (χ0n) is 15.2. The van der Waals surface area contributed by atoms with E-state index in [-0.39, 0.29) is 22.6 Å². The van der Waals surface area contributed by atoms with Gasteiger partial charge in [-0.05, 0) is 48.0 Å². The van der Waals surface area contributed by atoms with Gasteiger partial charge < -0.3 is 14.3 Å². The van der Waals surface area contributed by atoms with E-state index in [2.05, 4.69) is 4.98 Å². The van der Waals surface area contributed by atoms with Gasteiger partial charge in [-0.25, -0.2) is 19.0 Å². The fraction of sp³-hybridized carbons (Fsp3) is 0.0455. The van der Waals surface area contributed by atoms with Gasteiger partial charge in [0.2, 0.25) is 5.71 Å². The van der Waals surface area contributed by atoms with Crippen molar-refractivity contribution in [1.82, 2.24) is 4.98 Å². The van der Waals surface area contributed by atoms with E-state index in [0.717, 1.165) is 5.56 Å². The number of carbonyl (C=O) groups excluding carboxylic acids is 1. The molecule has 0 bridgehead atoms. The van der Waals surface area contributed by atoms with Gasteiger partial charge in [0.05, 0.1) is 18.1 Å². The zero-order valence-corrected chi connectivity index (χ0v) is 15.2. The van der Waals surface area contributed by atoms with Crippen LogP contribution in [0.5, 0.6) is 0 Å². The van der Waals surface area contributed by atoms with E-state index in [4.69, 9.17) is 14.3 Å². The predicted octanol–water partition coefficient (Wildman–Crippen LogP) is 4.79. The molecule has 4 rings (SSSR count). The molecule has 0 atom stereocenters. The Labute approximate surface area is 164 Å². The van der Waals surface area contributed by atoms with E-state index in [0.29, 0.717) is 16.5 Å². The molecule has 0 saturated carbocycles. The standard InChI is InChI=1S/C22H14FNO5/c1-28-22(27)18-17-10-15(12-2-4-14(5-3-12)21(25)26)11-24-20(17)29-19(18)13-6-8-16(23)9-7-13/h2-11H,1H3,(H,25,26). The van der Waals surface area contributed by atoms with E-state index in [1.807, 2.05) is 0 Å². The van der Waals surface area contributed by atoms with Crippen molar-refractivity contribution in [2.24, 2.45) is 0 Å². The van der Waals surface area contributed by atoms with Crippen LogP contribution in [0.15, 0.2) is 65.2 Å². The van der Waals surface area contributed by atoms with Gasteiger partial charge >= 0.3 is 11.9 Å². The lowest BCUT2D eigenvalue weighted by atomic mass is 10.0. The minimum Gasteiger partial charge on any atom is -0.478 e. The molecule has 0 aliphatic rings. The largest absolute Gasteiger partial charge is 0.478 e. The number of pyridine rings is 1. The van der Waals surface area contributed by atoms with Crippen molar-refractivity contribution in [1.29, 1.82) is 0 Å². The summed E-state index contributed by atoms with van der Waals surface area (Å²) in [6, 6.07) is 13.6. The first-order chi connectivity index (χ1) is 14.0. The summed E-state index contributed by atoms with van der Waals surface area (Å²) in [4.78, 5) is 27.8. The summed E-state index contributed by atoms with van der Waals surface area (Å²) in [5.41, 5.74) is 2.49. The smallest absolute Gasteiger partial charge is 0.342 e. The van der Waals surface area contributed by atoms with E-state index in [1.165, 1.54) is 43.5 Å². The minimum atomic E-state index is -1.02. The van der Waals surface area contributed by atoms with E-state index in [9.17, 15) is 14.0 Å². The van der Waals surface area contributed by atoms with Gasteiger partial charge in [0.1, 0.15) is 11.4 Å². The van der Waals surface area contributed by atoms with Gasteiger partial charge in [-0.15, -0.1) is 0 Å². The van der Waals surface area contributed by atoms with Crippen LogP contribution in [0.2, 0.25) is 0 Å². The Kier molecular flexibility index (Phi) is 4.56. The highest BCUT2D eigenvalue weighted by Crippen LogP contribution is 2.35. The molecule has 0 aliphatic heterocycles. The molecule has 0 aliphatic carbocycles. The number of carboxylic acid groups (broad SMARTS) is 1. The van der Waals surface area contributed by atoms with Crippen molar-refractivity contribution in [3.8, 4) is 22.5 Å². The molecule has 2 aromatic carbocycles. The van der Waals surface area contributed by atoms with Gasteiger partial charge in [-0.1, -0.05) is 12.1 Å². The molecule has 2 heterocycles. The van der Waals surface area contributed by atoms with Gasteiger partial charge in [-0.2, -0.15) is 0 Å². The SMILES string of the molecule is COC(=O)c1c(-c2ccc(F)cc2)oc2ncc(-c3ccc(C(=O)O)cc3)cc12. The summed E-state index contributed by atoms with van der Waals surface area (Å²) >= 11 is 0. The highest BCUT2D eigenvalue weighted by Gasteiger charge is 2.24. The molecule has 0 unspecified atom stereocenters. The Bertz CT molecular complexity index is 1230. The molecular weight excluding hydrogens is 377 g/mol. The van der Waals surface area contributed by atoms with E-state index >= 15 is 0 Å². The maximum absolute atomic E-state index is 13.3. The Morgan fingerprint density at radius 3 is 2.28 bits per heavy atom. The minimum absolute atomic E-state index is 0.167. The monoisotopic (exact) mass is 391 g/mol. The Hall–Kier alpha value is -4.00. The molecule has 2 aromatic heterocycles. The second-order valence-corrected chi connectivity index (χ2v) is 6.26. The van der Waals surface area contributed by atoms with Crippen LogP contribution in [-0.2, 0) is 4.74 Å². The fourth-order valence-electron chi connectivity index (χ4n) is 3.06. The van der Waals surface area contributed by atoms with Crippen molar-refractivity contribution < 1.29 is 28.2 Å². The van der Waals surface area contributed by atoms with Crippen LogP contribution >= 0.6 is 0 Å². The van der Waals surface area contributed by atoms with E-state index in [1.54, 1.807) is 24.4 Å². The summed E-state index contributed by atoms with van der Waals surface area (Å²) < 4.78 is 24.0. The topological polar surface area (TPSA) is 89.6 Å². The van der Waals surface area contributed by atoms with Crippen LogP contribution in [0, 0.1) is 5.82 Å². The Balaban J connectivity index is 1.88. The molecule has 6 nitrogen and oxygen atoms in total. The van der Waals surface area contributed by atoms with Crippen LogP contribution in [0.1, 0.15) is 20.7 Å². The van der Waals surface area contributed by atoms with Gasteiger partial charge in [0.25, 0.3) is 0 Å². The number of hydrogen-bond acceptors (Lipinski definition) is 5. The lowest BCUT2D eigenvalue weighted by molar-refractivity contribution is 0.0602. The third kappa shape index (κ3) is 3.34. The molecule has 0 radical (unpaired) electrons. The molecule has 0 fully saturated rings. The number of halogens is 1. The number of ether oxygens (including phenoxy) is 1. The van der Waals surface area contributed by atoms with Crippen molar-refractivity contribution in [2.45, 2.75) is 0 Å². The lowest BCUT2D eigenvalue weighted by Gasteiger charge is -2.03. The van der Waals surface area contributed by atoms with E-state index < -0.39 is 17.8 Å². The molecule has 1 N–H and O–H groups in total. The van der Waals surface area contributed by atoms with Crippen molar-refractivity contribution in [3.63, 3.8) is 0 Å². The van der Waals surface area contributed by atoms with Gasteiger partial charge in [0, 0.05) is 17.3 Å². The number of hydrogen-bond donors (Lipinski definition) is 1. The summed E-state index contributed by atoms with van der Waals surface area (Å²) in [7, 11) is 1.26. The molecule has 0 amide bonds. The number of esters is 1. The first-order valence-corrected chi connectivity index (χ1v) is 8.58. The number of benzene rings is 2. The molecule has 7 heteroatoms. The summed E-state index contributed by atoms with van der Waals surface area (Å²) in [6.07, 6.45) is 1.57. The number of fused-ring (bicyclic) bond motifs is 1. The quantitative estimate of drug-likeness (QED) is 0.503. The number of carbonyl (C=O) groups is 2. The lowest BCUT2D eigenvalue weighted by Crippen LogP contribution is -2.02. The molecular formula is C22H14FNO5. The summed E-state index contributed by atoms with van der Waals surface area (Å²) in [5.74, 6) is -1.80. The number of aromatic nitrogens is 1. The fourth-order valence-corrected chi connectivity index (χ4v) is 3.06. The maximum Gasteiger partial charge on any atom is 0.342 e. The maximum atomic E-state index is 13.3. The summed E-state index contributed by atoms with van der Waals surface area (Å²) in [5, 5.41) is 9.48. The van der Waals surface area contributed by atoms with Crippen LogP contribution in [0.25, 0.3) is 33.6 Å². The zero-order chi connectivity index (χ0) is 20.5. The van der Waals surface area contributed by atoms with Gasteiger partial charge in [-0.3, -0.25) is 0 Å². The first-order valence-electron chi connectivity index (χ1n) is 8.58. The summed E-state index contributed by atoms with van der Waals surface area (Å²) in [6.45, 7) is 0. The van der Waals surface area contributed by atoms with Crippen LogP contribution in [0.4, 0.5) is 4.39 Å². The number of methoxy groups -OCH3 is 1. The van der Waals surface area contributed by atoms with Crippen molar-refractivity contribution in [3.05, 3.63) is 77.7 Å². The average molecular weight is 391 g/mol. The van der Waals surface area contributed by atoms with Gasteiger partial charge in [0.15, 0.2) is 5.76 Å². The van der Waals surface area contributed by atoms with Crippen LogP contribution < -0.4 is 0 Å². The second kappa shape index (κ2) is 7.20. The molecule has 0 spiro atoms. The number of nitrogens with zero attached hydrogens (tertiary/aromatic N) is 1. The molecule has 4 aromatic rings. The Morgan fingerprint density at radius 1 is 1.00 bits per heavy atom. The molecule has 0 saturated heterocycles. The second-order valence-electron chi connectivity index (χ2n) is 6.26. The Morgan fingerprint density at radius 2 is 1.66 bits per heavy atom. The first kappa shape index (κ1) is 18.4. The molecule has 144 valence electrons. The van der Waals surface area contributed by atoms with Crippen LogP contribution in [-0.4, -0.2) is 29.1 Å². The third-order valence-corrected chi connectivity index (χ3v) is 4.51. The predicted molar refractivity (Wildman–Crippen MR) is 103 cm³/mol.